The van der Waals surface area contributed by atoms with Crippen LogP contribution in [0.2, 0.25) is 0 Å². The normalized spacial score (nSPS) is 10.7. The van der Waals surface area contributed by atoms with Crippen LogP contribution in [0.15, 0.2) is 36.5 Å². The van der Waals surface area contributed by atoms with Crippen molar-refractivity contribution < 1.29 is 9.18 Å². The minimum absolute atomic E-state index is 0.211. The fourth-order valence-corrected chi connectivity index (χ4v) is 1.96. The van der Waals surface area contributed by atoms with Gasteiger partial charge in [-0.3, -0.25) is 4.79 Å². The first kappa shape index (κ1) is 14.2. The topological polar surface area (TPSA) is 42.0 Å². The van der Waals surface area contributed by atoms with E-state index in [1.807, 2.05) is 24.3 Å². The number of carbonyl (C=O) groups excluding carboxylic acids is 1. The summed E-state index contributed by atoms with van der Waals surface area (Å²) in [4.78, 5) is 16.0. The Morgan fingerprint density at radius 2 is 2.00 bits per heavy atom. The molecule has 0 spiro atoms. The van der Waals surface area contributed by atoms with E-state index < -0.39 is 5.82 Å². The lowest BCUT2D eigenvalue weighted by Crippen LogP contribution is -2.15. The van der Waals surface area contributed by atoms with E-state index in [0.717, 1.165) is 17.4 Å². The minimum atomic E-state index is -0.413. The van der Waals surface area contributed by atoms with Crippen LogP contribution < -0.4 is 5.32 Å². The molecular weight excluding hydrogens is 255 g/mol. The predicted octanol–water partition coefficient (Wildman–Crippen LogP) is 3.90. The highest BCUT2D eigenvalue weighted by Gasteiger charge is 2.12. The van der Waals surface area contributed by atoms with Crippen LogP contribution in [0.5, 0.6) is 0 Å². The summed E-state index contributed by atoms with van der Waals surface area (Å²) < 4.78 is 13.2. The third-order valence-corrected chi connectivity index (χ3v) is 3.11. The van der Waals surface area contributed by atoms with Gasteiger partial charge in [0.1, 0.15) is 11.5 Å². The number of carbonyl (C=O) groups is 1. The van der Waals surface area contributed by atoms with Crippen molar-refractivity contribution in [2.75, 3.05) is 5.32 Å². The number of pyridine rings is 1. The number of aromatic nitrogens is 1. The predicted molar refractivity (Wildman–Crippen MR) is 77.4 cm³/mol. The molecule has 1 N–H and O–H groups in total. The summed E-state index contributed by atoms with van der Waals surface area (Å²) in [5, 5.41) is 2.83. The number of amides is 1. The maximum absolute atomic E-state index is 13.2. The molecule has 0 aliphatic rings. The van der Waals surface area contributed by atoms with Gasteiger partial charge in [-0.2, -0.15) is 0 Å². The molecule has 1 heterocycles. The summed E-state index contributed by atoms with van der Waals surface area (Å²) in [7, 11) is 0. The van der Waals surface area contributed by atoms with Gasteiger partial charge in [0.05, 0.1) is 6.20 Å². The van der Waals surface area contributed by atoms with Gasteiger partial charge in [0.2, 0.25) is 0 Å². The van der Waals surface area contributed by atoms with Gasteiger partial charge in [0, 0.05) is 5.69 Å². The number of nitrogens with zero attached hydrogens (tertiary/aromatic N) is 1. The van der Waals surface area contributed by atoms with Gasteiger partial charge in [-0.1, -0.05) is 32.0 Å². The van der Waals surface area contributed by atoms with Gasteiger partial charge >= 0.3 is 0 Å². The second-order valence-electron chi connectivity index (χ2n) is 5.01. The highest BCUT2D eigenvalue weighted by atomic mass is 19.1. The summed E-state index contributed by atoms with van der Waals surface area (Å²) in [6, 6.07) is 9.08. The van der Waals surface area contributed by atoms with Crippen LogP contribution in [0.25, 0.3) is 0 Å². The van der Waals surface area contributed by atoms with Gasteiger partial charge in [-0.05, 0) is 36.1 Å². The van der Waals surface area contributed by atoms with E-state index in [4.69, 9.17) is 0 Å². The summed E-state index contributed by atoms with van der Waals surface area (Å²) in [5.41, 5.74) is 2.43. The first-order valence-corrected chi connectivity index (χ1v) is 6.51. The second-order valence-corrected chi connectivity index (χ2v) is 5.01. The molecule has 0 saturated heterocycles. The number of rotatable bonds is 3. The SMILES string of the molecule is Cc1cc(C(=O)Nc2ccccc2C(C)C)ncc1F. The van der Waals surface area contributed by atoms with Crippen molar-refractivity contribution in [2.24, 2.45) is 0 Å². The quantitative estimate of drug-likeness (QED) is 0.920. The maximum atomic E-state index is 13.2. The molecule has 1 amide bonds. The average molecular weight is 272 g/mol. The Morgan fingerprint density at radius 1 is 1.30 bits per heavy atom. The number of para-hydroxylation sites is 1. The molecule has 4 heteroatoms. The third-order valence-electron chi connectivity index (χ3n) is 3.11. The Hall–Kier alpha value is -2.23. The van der Waals surface area contributed by atoms with E-state index in [2.05, 4.69) is 24.1 Å². The number of nitrogens with one attached hydrogen (secondary N) is 1. The lowest BCUT2D eigenvalue weighted by Gasteiger charge is -2.13. The summed E-state index contributed by atoms with van der Waals surface area (Å²) >= 11 is 0. The summed E-state index contributed by atoms with van der Waals surface area (Å²) in [6.07, 6.45) is 1.07. The molecule has 2 aromatic rings. The second kappa shape index (κ2) is 5.82. The molecule has 0 aliphatic heterocycles. The van der Waals surface area contributed by atoms with Crippen LogP contribution in [0.1, 0.15) is 41.4 Å². The fraction of sp³-hybridized carbons (Fsp3) is 0.250. The van der Waals surface area contributed by atoms with E-state index in [1.54, 1.807) is 6.92 Å². The number of benzene rings is 1. The van der Waals surface area contributed by atoms with E-state index in [1.165, 1.54) is 6.07 Å². The molecular formula is C16H17FN2O. The van der Waals surface area contributed by atoms with Gasteiger partial charge in [-0.15, -0.1) is 0 Å². The number of hydrogen-bond acceptors (Lipinski definition) is 2. The lowest BCUT2D eigenvalue weighted by atomic mass is 10.0. The zero-order chi connectivity index (χ0) is 14.7. The first-order valence-electron chi connectivity index (χ1n) is 6.51. The number of anilines is 1. The summed E-state index contributed by atoms with van der Waals surface area (Å²) in [5.74, 6) is -0.445. The molecule has 0 saturated carbocycles. The van der Waals surface area contributed by atoms with Crippen molar-refractivity contribution in [3.05, 3.63) is 59.2 Å². The average Bonchev–Trinajstić information content (AvgIpc) is 2.42. The van der Waals surface area contributed by atoms with Crippen LogP contribution in [0.4, 0.5) is 10.1 Å². The number of aryl methyl sites for hydroxylation is 1. The fourth-order valence-electron chi connectivity index (χ4n) is 1.96. The molecule has 1 aromatic carbocycles. The first-order chi connectivity index (χ1) is 9.49. The Morgan fingerprint density at radius 3 is 2.65 bits per heavy atom. The van der Waals surface area contributed by atoms with Crippen LogP contribution in [-0.4, -0.2) is 10.9 Å². The van der Waals surface area contributed by atoms with Crippen LogP contribution in [-0.2, 0) is 0 Å². The zero-order valence-corrected chi connectivity index (χ0v) is 11.8. The molecule has 3 nitrogen and oxygen atoms in total. The summed E-state index contributed by atoms with van der Waals surface area (Å²) in [6.45, 7) is 5.73. The van der Waals surface area contributed by atoms with E-state index in [0.29, 0.717) is 11.5 Å². The molecule has 0 radical (unpaired) electrons. The molecule has 2 rings (SSSR count). The van der Waals surface area contributed by atoms with Gasteiger partial charge < -0.3 is 5.32 Å². The van der Waals surface area contributed by atoms with Crippen molar-refractivity contribution in [1.82, 2.24) is 4.98 Å². The molecule has 1 aromatic heterocycles. The van der Waals surface area contributed by atoms with E-state index in [-0.39, 0.29) is 11.6 Å². The van der Waals surface area contributed by atoms with Gasteiger partial charge in [0.25, 0.3) is 5.91 Å². The van der Waals surface area contributed by atoms with E-state index in [9.17, 15) is 9.18 Å². The third kappa shape index (κ3) is 3.02. The van der Waals surface area contributed by atoms with Crippen LogP contribution in [0.3, 0.4) is 0 Å². The van der Waals surface area contributed by atoms with Gasteiger partial charge in [-0.25, -0.2) is 9.37 Å². The molecule has 0 aliphatic carbocycles. The smallest absolute Gasteiger partial charge is 0.274 e. The van der Waals surface area contributed by atoms with Crippen LogP contribution in [0, 0.1) is 12.7 Å². The highest BCUT2D eigenvalue weighted by molar-refractivity contribution is 6.03. The maximum Gasteiger partial charge on any atom is 0.274 e. The van der Waals surface area contributed by atoms with E-state index >= 15 is 0 Å². The number of hydrogen-bond donors (Lipinski definition) is 1. The molecule has 104 valence electrons. The molecule has 0 fully saturated rings. The Bertz CT molecular complexity index is 638. The Balaban J connectivity index is 2.26. The lowest BCUT2D eigenvalue weighted by molar-refractivity contribution is 0.102. The van der Waals surface area contributed by atoms with Crippen LogP contribution >= 0.6 is 0 Å². The molecule has 0 bridgehead atoms. The Kier molecular flexibility index (Phi) is 4.13. The van der Waals surface area contributed by atoms with Gasteiger partial charge in [0.15, 0.2) is 0 Å². The largest absolute Gasteiger partial charge is 0.320 e. The monoisotopic (exact) mass is 272 g/mol. The molecule has 0 unspecified atom stereocenters. The zero-order valence-electron chi connectivity index (χ0n) is 11.8. The van der Waals surface area contributed by atoms with Crippen molar-refractivity contribution in [1.29, 1.82) is 0 Å². The van der Waals surface area contributed by atoms with Crippen molar-refractivity contribution in [3.63, 3.8) is 0 Å². The molecule has 20 heavy (non-hydrogen) atoms. The van der Waals surface area contributed by atoms with Crippen molar-refractivity contribution in [3.8, 4) is 0 Å². The highest BCUT2D eigenvalue weighted by Crippen LogP contribution is 2.24. The minimum Gasteiger partial charge on any atom is -0.320 e. The standard InChI is InChI=1S/C16H17FN2O/c1-10(2)12-6-4-5-7-14(12)19-16(20)15-8-11(3)13(17)9-18-15/h4-10H,1-3H3,(H,19,20). The van der Waals surface area contributed by atoms with Crippen molar-refractivity contribution >= 4 is 11.6 Å². The Labute approximate surface area is 117 Å². The van der Waals surface area contributed by atoms with Crippen molar-refractivity contribution in [2.45, 2.75) is 26.7 Å². The molecule has 0 atom stereocenters. The number of halogens is 1.